The van der Waals surface area contributed by atoms with Gasteiger partial charge < -0.3 is 15.1 Å². The van der Waals surface area contributed by atoms with Crippen LogP contribution >= 0.6 is 0 Å². The Morgan fingerprint density at radius 3 is 2.52 bits per heavy atom. The fourth-order valence-corrected chi connectivity index (χ4v) is 3.09. The molecular formula is C20H22N4O. The number of nitriles is 1. The maximum absolute atomic E-state index is 12.5. The van der Waals surface area contributed by atoms with E-state index in [1.165, 1.54) is 16.8 Å². The largest absolute Gasteiger partial charge is 0.368 e. The second-order valence-electron chi connectivity index (χ2n) is 6.35. The first-order chi connectivity index (χ1) is 12.1. The topological polar surface area (TPSA) is 59.4 Å². The summed E-state index contributed by atoms with van der Waals surface area (Å²) in [6.45, 7) is 7.14. The van der Waals surface area contributed by atoms with Crippen LogP contribution in [0.5, 0.6) is 0 Å². The number of anilines is 2. The first kappa shape index (κ1) is 16.8. The summed E-state index contributed by atoms with van der Waals surface area (Å²) in [7, 11) is 0. The lowest BCUT2D eigenvalue weighted by Crippen LogP contribution is -2.50. The van der Waals surface area contributed by atoms with Gasteiger partial charge in [-0.2, -0.15) is 5.26 Å². The van der Waals surface area contributed by atoms with E-state index in [9.17, 15) is 4.79 Å². The summed E-state index contributed by atoms with van der Waals surface area (Å²) >= 11 is 0. The smallest absolute Gasteiger partial charge is 0.322 e. The fourth-order valence-electron chi connectivity index (χ4n) is 3.09. The minimum absolute atomic E-state index is 0.150. The molecule has 1 aliphatic heterocycles. The summed E-state index contributed by atoms with van der Waals surface area (Å²) < 4.78 is 0. The van der Waals surface area contributed by atoms with Crippen LogP contribution < -0.4 is 10.2 Å². The number of nitrogens with zero attached hydrogens (tertiary/aromatic N) is 3. The molecule has 0 radical (unpaired) electrons. The van der Waals surface area contributed by atoms with E-state index in [-0.39, 0.29) is 6.03 Å². The average Bonchev–Trinajstić information content (AvgIpc) is 2.64. The van der Waals surface area contributed by atoms with Crippen LogP contribution in [-0.2, 0) is 0 Å². The van der Waals surface area contributed by atoms with Crippen molar-refractivity contribution < 1.29 is 4.79 Å². The van der Waals surface area contributed by atoms with Crippen molar-refractivity contribution in [3.63, 3.8) is 0 Å². The molecule has 0 spiro atoms. The monoisotopic (exact) mass is 334 g/mol. The molecule has 128 valence electrons. The molecule has 5 nitrogen and oxygen atoms in total. The summed E-state index contributed by atoms with van der Waals surface area (Å²) in [6.07, 6.45) is 0. The van der Waals surface area contributed by atoms with Crippen LogP contribution in [0.15, 0.2) is 42.5 Å². The quantitative estimate of drug-likeness (QED) is 0.914. The highest BCUT2D eigenvalue weighted by atomic mass is 16.2. The molecule has 0 bridgehead atoms. The van der Waals surface area contributed by atoms with Crippen molar-refractivity contribution in [3.8, 4) is 6.07 Å². The van der Waals surface area contributed by atoms with Crippen molar-refractivity contribution >= 4 is 17.4 Å². The predicted octanol–water partition coefficient (Wildman–Crippen LogP) is 3.53. The standard InChI is InChI=1S/C20H22N4O/c1-15-7-8-16(2)19(13-15)23-9-11-24(12-10-23)20(25)22-18-6-4-3-5-17(18)14-21/h3-8,13H,9-12H2,1-2H3,(H,22,25). The molecular weight excluding hydrogens is 312 g/mol. The Labute approximate surface area is 148 Å². The highest BCUT2D eigenvalue weighted by Gasteiger charge is 2.22. The number of hydrogen-bond donors (Lipinski definition) is 1. The van der Waals surface area contributed by atoms with Crippen LogP contribution in [0.3, 0.4) is 0 Å². The van der Waals surface area contributed by atoms with Crippen LogP contribution in [0.1, 0.15) is 16.7 Å². The molecule has 2 aromatic rings. The third-order valence-corrected chi connectivity index (χ3v) is 4.56. The Balaban J connectivity index is 1.63. The Bertz CT molecular complexity index is 817. The van der Waals surface area contributed by atoms with Gasteiger partial charge in [-0.15, -0.1) is 0 Å². The summed E-state index contributed by atoms with van der Waals surface area (Å²) in [5.41, 5.74) is 4.78. The summed E-state index contributed by atoms with van der Waals surface area (Å²) in [4.78, 5) is 16.6. The lowest BCUT2D eigenvalue weighted by atomic mass is 10.1. The molecule has 0 aromatic heterocycles. The number of amides is 2. The van der Waals surface area contributed by atoms with E-state index < -0.39 is 0 Å². The molecule has 1 fully saturated rings. The number of para-hydroxylation sites is 1. The SMILES string of the molecule is Cc1ccc(C)c(N2CCN(C(=O)Nc3ccccc3C#N)CC2)c1. The Morgan fingerprint density at radius 1 is 1.08 bits per heavy atom. The zero-order valence-electron chi connectivity index (χ0n) is 14.6. The molecule has 2 amide bonds. The van der Waals surface area contributed by atoms with Gasteiger partial charge in [-0.1, -0.05) is 24.3 Å². The molecule has 1 heterocycles. The van der Waals surface area contributed by atoms with Gasteiger partial charge in [-0.25, -0.2) is 4.79 Å². The van der Waals surface area contributed by atoms with E-state index in [0.717, 1.165) is 13.1 Å². The van der Waals surface area contributed by atoms with Crippen molar-refractivity contribution in [1.29, 1.82) is 5.26 Å². The van der Waals surface area contributed by atoms with Gasteiger partial charge in [0.25, 0.3) is 0 Å². The first-order valence-electron chi connectivity index (χ1n) is 8.46. The van der Waals surface area contributed by atoms with Crippen molar-refractivity contribution in [2.45, 2.75) is 13.8 Å². The molecule has 0 aliphatic carbocycles. The molecule has 1 aliphatic rings. The Kier molecular flexibility index (Phi) is 4.90. The van der Waals surface area contributed by atoms with Crippen LogP contribution in [0.25, 0.3) is 0 Å². The maximum Gasteiger partial charge on any atom is 0.322 e. The van der Waals surface area contributed by atoms with Crippen molar-refractivity contribution in [2.75, 3.05) is 36.4 Å². The van der Waals surface area contributed by atoms with E-state index in [1.807, 2.05) is 6.07 Å². The van der Waals surface area contributed by atoms with Crippen LogP contribution in [-0.4, -0.2) is 37.1 Å². The van der Waals surface area contributed by atoms with Gasteiger partial charge in [0, 0.05) is 31.9 Å². The Hall–Kier alpha value is -3.00. The van der Waals surface area contributed by atoms with E-state index in [4.69, 9.17) is 5.26 Å². The lowest BCUT2D eigenvalue weighted by Gasteiger charge is -2.37. The molecule has 1 saturated heterocycles. The van der Waals surface area contributed by atoms with Gasteiger partial charge in [-0.3, -0.25) is 0 Å². The maximum atomic E-state index is 12.5. The normalized spacial score (nSPS) is 14.1. The third-order valence-electron chi connectivity index (χ3n) is 4.56. The number of carbonyl (C=O) groups is 1. The highest BCUT2D eigenvalue weighted by molar-refractivity contribution is 5.91. The number of rotatable bonds is 2. The number of urea groups is 1. The number of carbonyl (C=O) groups excluding carboxylic acids is 1. The van der Waals surface area contributed by atoms with Gasteiger partial charge in [0.2, 0.25) is 0 Å². The minimum Gasteiger partial charge on any atom is -0.368 e. The molecule has 0 unspecified atom stereocenters. The van der Waals surface area contributed by atoms with Crippen LogP contribution in [0, 0.1) is 25.2 Å². The number of piperazine rings is 1. The van der Waals surface area contributed by atoms with Gasteiger partial charge in [0.1, 0.15) is 6.07 Å². The molecule has 25 heavy (non-hydrogen) atoms. The third kappa shape index (κ3) is 3.74. The van der Waals surface area contributed by atoms with Gasteiger partial charge in [0.05, 0.1) is 11.3 Å². The molecule has 2 aromatic carbocycles. The van der Waals surface area contributed by atoms with Gasteiger partial charge in [0.15, 0.2) is 0 Å². The summed E-state index contributed by atoms with van der Waals surface area (Å²) in [5, 5.41) is 12.0. The first-order valence-corrected chi connectivity index (χ1v) is 8.46. The molecule has 5 heteroatoms. The fraction of sp³-hybridized carbons (Fsp3) is 0.300. The van der Waals surface area contributed by atoms with Crippen molar-refractivity contribution in [3.05, 3.63) is 59.2 Å². The van der Waals surface area contributed by atoms with E-state index in [0.29, 0.717) is 24.3 Å². The number of nitrogens with one attached hydrogen (secondary N) is 1. The Morgan fingerprint density at radius 2 is 1.80 bits per heavy atom. The van der Waals surface area contributed by atoms with E-state index in [1.54, 1.807) is 23.1 Å². The number of aryl methyl sites for hydroxylation is 2. The molecule has 0 atom stereocenters. The van der Waals surface area contributed by atoms with Crippen molar-refractivity contribution in [1.82, 2.24) is 4.90 Å². The van der Waals surface area contributed by atoms with Crippen LogP contribution in [0.4, 0.5) is 16.2 Å². The predicted molar refractivity (Wildman–Crippen MR) is 99.9 cm³/mol. The zero-order valence-corrected chi connectivity index (χ0v) is 14.6. The van der Waals surface area contributed by atoms with Gasteiger partial charge in [-0.05, 0) is 43.2 Å². The second-order valence-corrected chi connectivity index (χ2v) is 6.35. The average molecular weight is 334 g/mol. The van der Waals surface area contributed by atoms with E-state index >= 15 is 0 Å². The number of hydrogen-bond acceptors (Lipinski definition) is 3. The van der Waals surface area contributed by atoms with Crippen LogP contribution in [0.2, 0.25) is 0 Å². The molecule has 3 rings (SSSR count). The van der Waals surface area contributed by atoms with Crippen molar-refractivity contribution in [2.24, 2.45) is 0 Å². The van der Waals surface area contributed by atoms with E-state index in [2.05, 4.69) is 48.3 Å². The van der Waals surface area contributed by atoms with Gasteiger partial charge >= 0.3 is 6.03 Å². The minimum atomic E-state index is -0.150. The number of benzene rings is 2. The molecule has 0 saturated carbocycles. The molecule has 1 N–H and O–H groups in total. The lowest BCUT2D eigenvalue weighted by molar-refractivity contribution is 0.208. The summed E-state index contributed by atoms with van der Waals surface area (Å²) in [6, 6.07) is 15.5. The summed E-state index contributed by atoms with van der Waals surface area (Å²) in [5.74, 6) is 0. The zero-order chi connectivity index (χ0) is 17.8. The second kappa shape index (κ2) is 7.27. The highest BCUT2D eigenvalue weighted by Crippen LogP contribution is 2.23.